The van der Waals surface area contributed by atoms with Gasteiger partial charge in [-0.15, -0.1) is 0 Å². The van der Waals surface area contributed by atoms with E-state index in [1.807, 2.05) is 0 Å². The molecule has 0 aliphatic heterocycles. The molecule has 5 heteroatoms. The molecular weight excluding hydrogens is 242 g/mol. The predicted octanol–water partition coefficient (Wildman–Crippen LogP) is 2.81. The first-order valence-electron chi connectivity index (χ1n) is 4.76. The Morgan fingerprint density at radius 3 is 2.71 bits per heavy atom. The normalized spacial score (nSPS) is 10.2. The molecule has 1 aromatic heterocycles. The number of phenols is 1. The molecule has 0 radical (unpaired) electrons. The van der Waals surface area contributed by atoms with Gasteiger partial charge >= 0.3 is 5.97 Å². The Balaban J connectivity index is 2.56. The number of nitrogens with zero attached hydrogens (tertiary/aromatic N) is 1. The number of rotatable bonds is 2. The molecule has 0 spiro atoms. The summed E-state index contributed by atoms with van der Waals surface area (Å²) in [7, 11) is 0. The van der Waals surface area contributed by atoms with Crippen LogP contribution in [-0.2, 0) is 0 Å². The molecule has 2 aromatic rings. The van der Waals surface area contributed by atoms with Gasteiger partial charge in [-0.05, 0) is 30.3 Å². The Morgan fingerprint density at radius 2 is 2.00 bits per heavy atom. The number of pyridine rings is 1. The Bertz CT molecular complexity index is 584. The number of phenolic OH excluding ortho intramolecular Hbond substituents is 1. The zero-order valence-electron chi connectivity index (χ0n) is 8.59. The van der Waals surface area contributed by atoms with E-state index in [9.17, 15) is 9.90 Å². The number of aromatic hydroxyl groups is 1. The molecule has 2 rings (SSSR count). The summed E-state index contributed by atoms with van der Waals surface area (Å²) in [4.78, 5) is 14.9. The molecule has 0 aliphatic rings. The van der Waals surface area contributed by atoms with Gasteiger partial charge < -0.3 is 10.2 Å². The summed E-state index contributed by atoms with van der Waals surface area (Å²) in [5.74, 6) is -0.989. The van der Waals surface area contributed by atoms with E-state index >= 15 is 0 Å². The smallest absolute Gasteiger partial charge is 0.335 e. The van der Waals surface area contributed by atoms with Gasteiger partial charge in [-0.1, -0.05) is 11.6 Å². The Kier molecular flexibility index (Phi) is 2.97. The number of benzene rings is 1. The minimum absolute atomic E-state index is 0.0481. The van der Waals surface area contributed by atoms with Gasteiger partial charge in [0, 0.05) is 11.8 Å². The Morgan fingerprint density at radius 1 is 1.24 bits per heavy atom. The average molecular weight is 250 g/mol. The van der Waals surface area contributed by atoms with Crippen LogP contribution in [0.5, 0.6) is 5.75 Å². The highest BCUT2D eigenvalue weighted by Gasteiger charge is 2.09. The predicted molar refractivity (Wildman–Crippen MR) is 63.3 cm³/mol. The van der Waals surface area contributed by atoms with Crippen molar-refractivity contribution in [2.45, 2.75) is 0 Å². The second kappa shape index (κ2) is 4.43. The number of aromatic carboxylic acids is 1. The van der Waals surface area contributed by atoms with Gasteiger partial charge in [0.15, 0.2) is 0 Å². The van der Waals surface area contributed by atoms with Crippen LogP contribution in [0.4, 0.5) is 0 Å². The topological polar surface area (TPSA) is 70.4 Å². The van der Waals surface area contributed by atoms with Crippen molar-refractivity contribution in [2.75, 3.05) is 0 Å². The third kappa shape index (κ3) is 2.37. The standard InChI is InChI=1S/C12H8ClNO3/c13-10-2-1-8(15)6-9(10)11-5-7(12(16)17)3-4-14-11/h1-6,15H,(H,16,17). The number of aromatic nitrogens is 1. The van der Waals surface area contributed by atoms with Crippen molar-refractivity contribution in [3.8, 4) is 17.0 Å². The molecule has 0 fully saturated rings. The Labute approximate surface area is 102 Å². The lowest BCUT2D eigenvalue weighted by molar-refractivity contribution is 0.0697. The van der Waals surface area contributed by atoms with Gasteiger partial charge in [-0.3, -0.25) is 4.98 Å². The highest BCUT2D eigenvalue weighted by atomic mass is 35.5. The molecule has 0 amide bonds. The van der Waals surface area contributed by atoms with E-state index < -0.39 is 5.97 Å². The summed E-state index contributed by atoms with van der Waals surface area (Å²) in [5.41, 5.74) is 1.02. The van der Waals surface area contributed by atoms with Crippen molar-refractivity contribution in [2.24, 2.45) is 0 Å². The van der Waals surface area contributed by atoms with Gasteiger partial charge in [0.05, 0.1) is 16.3 Å². The van der Waals surface area contributed by atoms with Crippen LogP contribution < -0.4 is 0 Å². The van der Waals surface area contributed by atoms with Gasteiger partial charge in [-0.2, -0.15) is 0 Å². The largest absolute Gasteiger partial charge is 0.508 e. The molecule has 0 atom stereocenters. The molecule has 2 N–H and O–H groups in total. The molecule has 0 aliphatic carbocycles. The monoisotopic (exact) mass is 249 g/mol. The minimum Gasteiger partial charge on any atom is -0.508 e. The molecule has 0 saturated carbocycles. The lowest BCUT2D eigenvalue weighted by atomic mass is 10.1. The fraction of sp³-hybridized carbons (Fsp3) is 0. The summed E-state index contributed by atoms with van der Waals surface area (Å²) in [6.07, 6.45) is 1.39. The first kappa shape index (κ1) is 11.4. The highest BCUT2D eigenvalue weighted by Crippen LogP contribution is 2.29. The van der Waals surface area contributed by atoms with E-state index in [0.29, 0.717) is 16.3 Å². The third-order valence-corrected chi connectivity index (χ3v) is 2.56. The van der Waals surface area contributed by atoms with Crippen LogP contribution in [0.25, 0.3) is 11.3 Å². The lowest BCUT2D eigenvalue weighted by Crippen LogP contribution is -1.97. The van der Waals surface area contributed by atoms with E-state index in [0.717, 1.165) is 0 Å². The van der Waals surface area contributed by atoms with Crippen molar-refractivity contribution in [3.63, 3.8) is 0 Å². The van der Waals surface area contributed by atoms with Crippen molar-refractivity contribution >= 4 is 17.6 Å². The maximum absolute atomic E-state index is 10.8. The van der Waals surface area contributed by atoms with Crippen molar-refractivity contribution in [3.05, 3.63) is 47.1 Å². The quantitative estimate of drug-likeness (QED) is 0.859. The third-order valence-electron chi connectivity index (χ3n) is 2.23. The highest BCUT2D eigenvalue weighted by molar-refractivity contribution is 6.33. The van der Waals surface area contributed by atoms with E-state index in [1.165, 1.54) is 36.5 Å². The second-order valence-electron chi connectivity index (χ2n) is 3.40. The molecular formula is C12H8ClNO3. The van der Waals surface area contributed by atoms with E-state index in [2.05, 4.69) is 4.98 Å². The van der Waals surface area contributed by atoms with Gasteiger partial charge in [-0.25, -0.2) is 4.79 Å². The van der Waals surface area contributed by atoms with E-state index in [1.54, 1.807) is 0 Å². The van der Waals surface area contributed by atoms with Crippen LogP contribution in [0, 0.1) is 0 Å². The SMILES string of the molecule is O=C(O)c1ccnc(-c2cc(O)ccc2Cl)c1. The summed E-state index contributed by atoms with van der Waals surface area (Å²) >= 11 is 5.96. The zero-order chi connectivity index (χ0) is 12.4. The number of halogens is 1. The molecule has 1 aromatic carbocycles. The van der Waals surface area contributed by atoms with Crippen molar-refractivity contribution < 1.29 is 15.0 Å². The van der Waals surface area contributed by atoms with Gasteiger partial charge in [0.1, 0.15) is 5.75 Å². The maximum Gasteiger partial charge on any atom is 0.335 e. The van der Waals surface area contributed by atoms with Crippen LogP contribution in [0.3, 0.4) is 0 Å². The van der Waals surface area contributed by atoms with E-state index in [-0.39, 0.29) is 11.3 Å². The number of carboxylic acids is 1. The van der Waals surface area contributed by atoms with Crippen LogP contribution in [0.15, 0.2) is 36.5 Å². The number of hydrogen-bond acceptors (Lipinski definition) is 3. The molecule has 0 unspecified atom stereocenters. The maximum atomic E-state index is 10.8. The van der Waals surface area contributed by atoms with Crippen molar-refractivity contribution in [1.82, 2.24) is 4.98 Å². The number of carboxylic acid groups (broad SMARTS) is 1. The molecule has 0 saturated heterocycles. The van der Waals surface area contributed by atoms with Crippen LogP contribution >= 0.6 is 11.6 Å². The number of hydrogen-bond donors (Lipinski definition) is 2. The van der Waals surface area contributed by atoms with Gasteiger partial charge in [0.2, 0.25) is 0 Å². The zero-order valence-corrected chi connectivity index (χ0v) is 9.35. The molecule has 17 heavy (non-hydrogen) atoms. The first-order valence-corrected chi connectivity index (χ1v) is 5.14. The Hall–Kier alpha value is -2.07. The minimum atomic E-state index is -1.04. The first-order chi connectivity index (χ1) is 8.08. The summed E-state index contributed by atoms with van der Waals surface area (Å²) in [6.45, 7) is 0. The molecule has 4 nitrogen and oxygen atoms in total. The summed E-state index contributed by atoms with van der Waals surface area (Å²) in [5, 5.41) is 18.6. The molecule has 1 heterocycles. The van der Waals surface area contributed by atoms with Gasteiger partial charge in [0.25, 0.3) is 0 Å². The van der Waals surface area contributed by atoms with Crippen LogP contribution in [-0.4, -0.2) is 21.2 Å². The summed E-state index contributed by atoms with van der Waals surface area (Å²) in [6, 6.07) is 7.22. The lowest BCUT2D eigenvalue weighted by Gasteiger charge is -2.05. The van der Waals surface area contributed by atoms with Crippen LogP contribution in [0.2, 0.25) is 5.02 Å². The fourth-order valence-corrected chi connectivity index (χ4v) is 1.63. The van der Waals surface area contributed by atoms with Crippen molar-refractivity contribution in [1.29, 1.82) is 0 Å². The average Bonchev–Trinajstić information content (AvgIpc) is 2.32. The molecule has 0 bridgehead atoms. The summed E-state index contributed by atoms with van der Waals surface area (Å²) < 4.78 is 0. The molecule has 86 valence electrons. The number of carbonyl (C=O) groups is 1. The van der Waals surface area contributed by atoms with Crippen LogP contribution in [0.1, 0.15) is 10.4 Å². The fourth-order valence-electron chi connectivity index (χ4n) is 1.42. The second-order valence-corrected chi connectivity index (χ2v) is 3.81. The van der Waals surface area contributed by atoms with E-state index in [4.69, 9.17) is 16.7 Å².